The summed E-state index contributed by atoms with van der Waals surface area (Å²) >= 11 is 5.22. The minimum atomic E-state index is -0.844. The molecule has 0 bridgehead atoms. The maximum Gasteiger partial charge on any atom is 0.310 e. The van der Waals surface area contributed by atoms with E-state index in [1.165, 1.54) is 0 Å². The van der Waals surface area contributed by atoms with Crippen molar-refractivity contribution in [1.82, 2.24) is 4.90 Å². The van der Waals surface area contributed by atoms with Crippen molar-refractivity contribution in [3.05, 3.63) is 29.3 Å². The van der Waals surface area contributed by atoms with Crippen molar-refractivity contribution in [3.8, 4) is 0 Å². The molecule has 0 spiro atoms. The molecule has 104 valence electrons. The van der Waals surface area contributed by atoms with E-state index in [1.807, 2.05) is 32.3 Å². The molecule has 0 aromatic heterocycles. The number of carboxylic acids is 1. The maximum absolute atomic E-state index is 11.2. The van der Waals surface area contributed by atoms with Gasteiger partial charge in [-0.1, -0.05) is 19.1 Å². The van der Waals surface area contributed by atoms with Gasteiger partial charge in [0.2, 0.25) is 0 Å². The fraction of sp³-hybridized carbons (Fsp3) is 0.429. The second kappa shape index (κ2) is 6.52. The van der Waals surface area contributed by atoms with Gasteiger partial charge in [-0.2, -0.15) is 0 Å². The average molecular weight is 280 g/mol. The van der Waals surface area contributed by atoms with E-state index in [1.54, 1.807) is 11.8 Å². The number of aliphatic carboxylic acids is 1. The van der Waals surface area contributed by atoms with Gasteiger partial charge in [-0.05, 0) is 42.8 Å². The van der Waals surface area contributed by atoms with Crippen LogP contribution < -0.4 is 5.32 Å². The zero-order chi connectivity index (χ0) is 14.6. The largest absolute Gasteiger partial charge is 0.481 e. The Balaban J connectivity index is 3.16. The van der Waals surface area contributed by atoms with E-state index < -0.39 is 11.9 Å². The van der Waals surface area contributed by atoms with Crippen molar-refractivity contribution in [2.75, 3.05) is 19.4 Å². The molecule has 1 rings (SSSR count). The molecule has 19 heavy (non-hydrogen) atoms. The zero-order valence-electron chi connectivity index (χ0n) is 11.7. The number of hydrogen-bond donors (Lipinski definition) is 2. The highest BCUT2D eigenvalue weighted by molar-refractivity contribution is 7.80. The monoisotopic (exact) mass is 280 g/mol. The topological polar surface area (TPSA) is 52.6 Å². The second-order valence-electron chi connectivity index (χ2n) is 4.66. The first-order valence-electron chi connectivity index (χ1n) is 6.20. The van der Waals surface area contributed by atoms with Crippen molar-refractivity contribution in [1.29, 1.82) is 0 Å². The lowest BCUT2D eigenvalue weighted by molar-refractivity contribution is -0.138. The Hall–Kier alpha value is -1.62. The fourth-order valence-corrected chi connectivity index (χ4v) is 1.78. The molecule has 0 aliphatic heterocycles. The molecule has 0 radical (unpaired) electrons. The van der Waals surface area contributed by atoms with Gasteiger partial charge >= 0.3 is 5.97 Å². The first-order chi connectivity index (χ1) is 8.86. The van der Waals surface area contributed by atoms with E-state index >= 15 is 0 Å². The van der Waals surface area contributed by atoms with Crippen LogP contribution in [0.4, 0.5) is 5.69 Å². The molecule has 0 saturated carbocycles. The Kier molecular flexibility index (Phi) is 5.30. The van der Waals surface area contributed by atoms with E-state index in [2.05, 4.69) is 12.2 Å². The summed E-state index contributed by atoms with van der Waals surface area (Å²) in [5.41, 5.74) is 2.66. The highest BCUT2D eigenvalue weighted by atomic mass is 32.1. The number of thiocarbonyl (C=S) groups is 1. The van der Waals surface area contributed by atoms with Crippen molar-refractivity contribution in [2.45, 2.75) is 26.2 Å². The summed E-state index contributed by atoms with van der Waals surface area (Å²) in [6, 6.07) is 5.78. The van der Waals surface area contributed by atoms with Gasteiger partial charge in [0.25, 0.3) is 0 Å². The highest BCUT2D eigenvalue weighted by Crippen LogP contribution is 2.26. The minimum Gasteiger partial charge on any atom is -0.481 e. The standard InChI is InChI=1S/C14H20N2O2S/c1-5-10-6-7-11(9(2)13(17)18)12(8-10)15-14(19)16(3)4/h6-9H,5H2,1-4H3,(H,15,19)(H,17,18). The molecule has 1 unspecified atom stereocenters. The van der Waals surface area contributed by atoms with Crippen LogP contribution in [0.15, 0.2) is 18.2 Å². The fourth-order valence-electron chi connectivity index (χ4n) is 1.67. The summed E-state index contributed by atoms with van der Waals surface area (Å²) in [7, 11) is 3.69. The van der Waals surface area contributed by atoms with Crippen LogP contribution in [0, 0.1) is 0 Å². The zero-order valence-corrected chi connectivity index (χ0v) is 12.5. The summed E-state index contributed by atoms with van der Waals surface area (Å²) in [4.78, 5) is 12.9. The molecule has 0 aliphatic rings. The van der Waals surface area contributed by atoms with Crippen LogP contribution in [0.25, 0.3) is 0 Å². The predicted molar refractivity (Wildman–Crippen MR) is 81.8 cm³/mol. The molecule has 0 fully saturated rings. The molecular weight excluding hydrogens is 260 g/mol. The van der Waals surface area contributed by atoms with Crippen LogP contribution in [0.1, 0.15) is 30.9 Å². The molecule has 0 amide bonds. The predicted octanol–water partition coefficient (Wildman–Crippen LogP) is 2.70. The second-order valence-corrected chi connectivity index (χ2v) is 5.05. The molecule has 0 heterocycles. The van der Waals surface area contributed by atoms with Crippen molar-refractivity contribution >= 4 is 29.0 Å². The molecule has 2 N–H and O–H groups in total. The van der Waals surface area contributed by atoms with Crippen LogP contribution in [0.3, 0.4) is 0 Å². The number of carboxylic acid groups (broad SMARTS) is 1. The van der Waals surface area contributed by atoms with Gasteiger partial charge < -0.3 is 15.3 Å². The summed E-state index contributed by atoms with van der Waals surface area (Å²) in [5.74, 6) is -1.42. The molecule has 1 aromatic rings. The summed E-state index contributed by atoms with van der Waals surface area (Å²) in [5, 5.41) is 12.8. The number of aryl methyl sites for hydroxylation is 1. The number of anilines is 1. The molecule has 4 nitrogen and oxygen atoms in total. The highest BCUT2D eigenvalue weighted by Gasteiger charge is 2.18. The molecule has 5 heteroatoms. The van der Waals surface area contributed by atoms with E-state index in [-0.39, 0.29) is 0 Å². The van der Waals surface area contributed by atoms with Gasteiger partial charge in [-0.3, -0.25) is 4.79 Å². The third-order valence-electron chi connectivity index (χ3n) is 3.01. The Morgan fingerprint density at radius 2 is 2.11 bits per heavy atom. The molecule has 1 atom stereocenters. The van der Waals surface area contributed by atoms with Crippen LogP contribution >= 0.6 is 12.2 Å². The smallest absolute Gasteiger partial charge is 0.310 e. The van der Waals surface area contributed by atoms with Gasteiger partial charge in [0.15, 0.2) is 5.11 Å². The van der Waals surface area contributed by atoms with Crippen molar-refractivity contribution in [3.63, 3.8) is 0 Å². The lowest BCUT2D eigenvalue weighted by Crippen LogP contribution is -2.28. The van der Waals surface area contributed by atoms with E-state index in [9.17, 15) is 4.79 Å². The normalized spacial score (nSPS) is 11.8. The number of carbonyl (C=O) groups is 1. The Morgan fingerprint density at radius 1 is 1.47 bits per heavy atom. The third-order valence-corrected chi connectivity index (χ3v) is 3.48. The first kappa shape index (κ1) is 15.4. The summed E-state index contributed by atoms with van der Waals surface area (Å²) in [6.45, 7) is 3.73. The lowest BCUT2D eigenvalue weighted by Gasteiger charge is -2.20. The van der Waals surface area contributed by atoms with Crippen LogP contribution in [0.5, 0.6) is 0 Å². The van der Waals surface area contributed by atoms with E-state index in [0.29, 0.717) is 5.11 Å². The number of rotatable bonds is 4. The number of hydrogen-bond acceptors (Lipinski definition) is 2. The quantitative estimate of drug-likeness (QED) is 0.831. The van der Waals surface area contributed by atoms with Crippen LogP contribution in [0.2, 0.25) is 0 Å². The third kappa shape index (κ3) is 3.92. The Labute approximate surface area is 119 Å². The van der Waals surface area contributed by atoms with Crippen molar-refractivity contribution in [2.24, 2.45) is 0 Å². The van der Waals surface area contributed by atoms with Crippen LogP contribution in [-0.2, 0) is 11.2 Å². The van der Waals surface area contributed by atoms with Gasteiger partial charge in [-0.15, -0.1) is 0 Å². The first-order valence-corrected chi connectivity index (χ1v) is 6.61. The minimum absolute atomic E-state index is 0.562. The number of nitrogens with one attached hydrogen (secondary N) is 1. The van der Waals surface area contributed by atoms with Crippen molar-refractivity contribution < 1.29 is 9.90 Å². The van der Waals surface area contributed by atoms with Gasteiger partial charge in [0.1, 0.15) is 0 Å². The number of benzene rings is 1. The van der Waals surface area contributed by atoms with Gasteiger partial charge in [-0.25, -0.2) is 0 Å². The molecule has 1 aromatic carbocycles. The lowest BCUT2D eigenvalue weighted by atomic mass is 9.97. The Morgan fingerprint density at radius 3 is 2.58 bits per heavy atom. The molecule has 0 aliphatic carbocycles. The number of nitrogens with zero attached hydrogens (tertiary/aromatic N) is 1. The SMILES string of the molecule is CCc1ccc(C(C)C(=O)O)c(NC(=S)N(C)C)c1. The average Bonchev–Trinajstić information content (AvgIpc) is 2.37. The van der Waals surface area contributed by atoms with E-state index in [4.69, 9.17) is 17.3 Å². The maximum atomic E-state index is 11.2. The molecule has 0 saturated heterocycles. The van der Waals surface area contributed by atoms with Gasteiger partial charge in [0.05, 0.1) is 5.92 Å². The molecular formula is C14H20N2O2S. The Bertz CT molecular complexity index is 486. The van der Waals surface area contributed by atoms with E-state index in [0.717, 1.165) is 23.2 Å². The summed E-state index contributed by atoms with van der Waals surface area (Å²) in [6.07, 6.45) is 0.894. The van der Waals surface area contributed by atoms with Gasteiger partial charge in [0, 0.05) is 19.8 Å². The summed E-state index contributed by atoms with van der Waals surface area (Å²) < 4.78 is 0. The van der Waals surface area contributed by atoms with Crippen LogP contribution in [-0.4, -0.2) is 35.2 Å².